The van der Waals surface area contributed by atoms with Crippen LogP contribution in [0.2, 0.25) is 0 Å². The van der Waals surface area contributed by atoms with Crippen molar-refractivity contribution < 1.29 is 18.0 Å². The van der Waals surface area contributed by atoms with E-state index in [4.69, 9.17) is 0 Å². The molecule has 2 N–H and O–H groups in total. The van der Waals surface area contributed by atoms with Gasteiger partial charge < -0.3 is 5.32 Å². The fourth-order valence-electron chi connectivity index (χ4n) is 4.39. The summed E-state index contributed by atoms with van der Waals surface area (Å²) in [5.74, 6) is -0.739. The number of fused-ring (bicyclic) bond motifs is 2. The van der Waals surface area contributed by atoms with Crippen LogP contribution in [0.5, 0.6) is 0 Å². The SMILES string of the molecule is Cc1cccc2c1n(-c1cnc(-c3cncc4c3cnn4C)cn1)c(=O)n2CC(=O)NCC(F)(F)F.Cc1cn[nH]c1. The predicted molar refractivity (Wildman–Crippen MR) is 148 cm³/mol. The highest BCUT2D eigenvalue weighted by Gasteiger charge is 2.28. The Hall–Kier alpha value is -5.34. The first-order valence-electron chi connectivity index (χ1n) is 12.6. The predicted octanol–water partition coefficient (Wildman–Crippen LogP) is 3.24. The van der Waals surface area contributed by atoms with Crippen molar-refractivity contribution in [1.29, 1.82) is 0 Å². The average Bonchev–Trinajstić information content (AvgIpc) is 3.67. The van der Waals surface area contributed by atoms with Gasteiger partial charge in [0.2, 0.25) is 5.91 Å². The van der Waals surface area contributed by atoms with Gasteiger partial charge in [-0.2, -0.15) is 23.4 Å². The topological polar surface area (TPSA) is 141 Å². The van der Waals surface area contributed by atoms with E-state index in [0.717, 1.165) is 15.5 Å². The number of benzene rings is 1. The number of rotatable bonds is 5. The molecule has 1 amide bonds. The van der Waals surface area contributed by atoms with E-state index < -0.39 is 30.9 Å². The van der Waals surface area contributed by atoms with Crippen LogP contribution < -0.4 is 11.0 Å². The monoisotopic (exact) mass is 578 g/mol. The van der Waals surface area contributed by atoms with Gasteiger partial charge in [-0.1, -0.05) is 12.1 Å². The minimum atomic E-state index is -4.56. The molecule has 0 spiro atoms. The molecule has 0 aliphatic heterocycles. The quantitative estimate of drug-likeness (QED) is 0.320. The van der Waals surface area contributed by atoms with Gasteiger partial charge in [0.15, 0.2) is 5.82 Å². The summed E-state index contributed by atoms with van der Waals surface area (Å²) in [4.78, 5) is 38.7. The van der Waals surface area contributed by atoms with Crippen LogP contribution in [0.15, 0.2) is 66.4 Å². The summed E-state index contributed by atoms with van der Waals surface area (Å²) in [6.45, 7) is 1.71. The van der Waals surface area contributed by atoms with Crippen LogP contribution in [0.1, 0.15) is 11.1 Å². The largest absolute Gasteiger partial charge is 0.405 e. The molecule has 0 fully saturated rings. The molecule has 6 aromatic rings. The number of alkyl halides is 3. The third kappa shape index (κ3) is 5.75. The van der Waals surface area contributed by atoms with E-state index in [1.807, 2.05) is 13.1 Å². The van der Waals surface area contributed by atoms with Gasteiger partial charge >= 0.3 is 11.9 Å². The van der Waals surface area contributed by atoms with E-state index in [9.17, 15) is 22.8 Å². The molecule has 5 aromatic heterocycles. The van der Waals surface area contributed by atoms with Gasteiger partial charge in [-0.25, -0.2) is 14.3 Å². The normalized spacial score (nSPS) is 11.5. The minimum absolute atomic E-state index is 0.198. The zero-order valence-corrected chi connectivity index (χ0v) is 22.7. The summed E-state index contributed by atoms with van der Waals surface area (Å²) in [6.07, 6.45) is 7.03. The number of para-hydroxylation sites is 1. The lowest BCUT2D eigenvalue weighted by atomic mass is 10.1. The fourth-order valence-corrected chi connectivity index (χ4v) is 4.39. The number of imidazole rings is 1. The van der Waals surface area contributed by atoms with Crippen LogP contribution in [0.4, 0.5) is 13.2 Å². The second kappa shape index (κ2) is 11.3. The molecule has 0 aliphatic carbocycles. The van der Waals surface area contributed by atoms with E-state index in [1.54, 1.807) is 67.0 Å². The first-order chi connectivity index (χ1) is 20.0. The Bertz CT molecular complexity index is 1920. The Morgan fingerprint density at radius 3 is 2.48 bits per heavy atom. The molecule has 0 saturated carbocycles. The zero-order chi connectivity index (χ0) is 30.0. The molecular formula is C27H25F3N10O2. The highest BCUT2D eigenvalue weighted by atomic mass is 19.4. The number of hydrogen-bond acceptors (Lipinski definition) is 7. The fraction of sp³-hybridized carbons (Fsp3) is 0.222. The summed E-state index contributed by atoms with van der Waals surface area (Å²) >= 11 is 0. The van der Waals surface area contributed by atoms with E-state index in [1.165, 1.54) is 22.5 Å². The van der Waals surface area contributed by atoms with Gasteiger partial charge in [0.05, 0.1) is 53.2 Å². The number of amides is 1. The second-order valence-corrected chi connectivity index (χ2v) is 9.46. The number of hydrogen-bond donors (Lipinski definition) is 2. The van der Waals surface area contributed by atoms with Crippen LogP contribution >= 0.6 is 0 Å². The van der Waals surface area contributed by atoms with Crippen LogP contribution in [-0.2, 0) is 18.4 Å². The van der Waals surface area contributed by atoms with E-state index in [0.29, 0.717) is 27.9 Å². The lowest BCUT2D eigenvalue weighted by Crippen LogP contribution is -2.38. The summed E-state index contributed by atoms with van der Waals surface area (Å²) in [7, 11) is 1.80. The smallest absolute Gasteiger partial charge is 0.345 e. The molecule has 15 heteroatoms. The maximum absolute atomic E-state index is 13.3. The third-order valence-electron chi connectivity index (χ3n) is 6.39. The van der Waals surface area contributed by atoms with Crippen molar-refractivity contribution in [2.45, 2.75) is 26.6 Å². The number of aromatic amines is 1. The summed E-state index contributed by atoms with van der Waals surface area (Å²) in [5.41, 5.74) is 4.18. The van der Waals surface area contributed by atoms with Gasteiger partial charge in [0, 0.05) is 30.4 Å². The molecule has 0 aliphatic rings. The number of carbonyl (C=O) groups excluding carboxylic acids is 1. The molecule has 0 radical (unpaired) electrons. The number of pyridine rings is 1. The number of nitrogens with zero attached hydrogens (tertiary/aromatic N) is 8. The maximum atomic E-state index is 13.3. The van der Waals surface area contributed by atoms with Gasteiger partial charge in [0.25, 0.3) is 0 Å². The molecule has 12 nitrogen and oxygen atoms in total. The van der Waals surface area contributed by atoms with Gasteiger partial charge in [-0.3, -0.25) is 29.1 Å². The molecular weight excluding hydrogens is 553 g/mol. The number of carbonyl (C=O) groups is 1. The Morgan fingerprint density at radius 1 is 1.02 bits per heavy atom. The molecule has 42 heavy (non-hydrogen) atoms. The molecule has 0 bridgehead atoms. The summed E-state index contributed by atoms with van der Waals surface area (Å²) < 4.78 is 41.6. The third-order valence-corrected chi connectivity index (χ3v) is 6.39. The van der Waals surface area contributed by atoms with Crippen molar-refractivity contribution in [2.75, 3.05) is 6.54 Å². The molecule has 216 valence electrons. The van der Waals surface area contributed by atoms with E-state index >= 15 is 0 Å². The number of halogens is 3. The second-order valence-electron chi connectivity index (χ2n) is 9.46. The molecule has 6 rings (SSSR count). The van der Waals surface area contributed by atoms with Crippen molar-refractivity contribution in [3.05, 3.63) is 83.2 Å². The lowest BCUT2D eigenvalue weighted by molar-refractivity contribution is -0.138. The first-order valence-corrected chi connectivity index (χ1v) is 12.6. The van der Waals surface area contributed by atoms with Crippen molar-refractivity contribution in [2.24, 2.45) is 7.05 Å². The van der Waals surface area contributed by atoms with Crippen LogP contribution in [0.3, 0.4) is 0 Å². The summed E-state index contributed by atoms with van der Waals surface area (Å²) in [6, 6.07) is 5.10. The maximum Gasteiger partial charge on any atom is 0.405 e. The average molecular weight is 579 g/mol. The van der Waals surface area contributed by atoms with Crippen molar-refractivity contribution >= 4 is 27.8 Å². The Balaban J connectivity index is 0.000000524. The molecule has 0 unspecified atom stereocenters. The van der Waals surface area contributed by atoms with Gasteiger partial charge in [-0.05, 0) is 31.0 Å². The highest BCUT2D eigenvalue weighted by molar-refractivity contribution is 5.92. The minimum Gasteiger partial charge on any atom is -0.345 e. The number of aromatic nitrogens is 9. The Morgan fingerprint density at radius 2 is 1.83 bits per heavy atom. The molecule has 0 saturated heterocycles. The number of aryl methyl sites for hydroxylation is 3. The zero-order valence-electron chi connectivity index (χ0n) is 22.7. The molecule has 0 atom stereocenters. The van der Waals surface area contributed by atoms with E-state index in [2.05, 4.69) is 30.2 Å². The number of nitrogens with one attached hydrogen (secondary N) is 2. The van der Waals surface area contributed by atoms with Crippen molar-refractivity contribution in [3.63, 3.8) is 0 Å². The van der Waals surface area contributed by atoms with Crippen LogP contribution in [-0.4, -0.2) is 62.7 Å². The van der Waals surface area contributed by atoms with Crippen molar-refractivity contribution in [1.82, 2.24) is 49.4 Å². The Kier molecular flexibility index (Phi) is 7.56. The van der Waals surface area contributed by atoms with E-state index in [-0.39, 0.29) is 5.82 Å². The Labute approximate surface area is 235 Å². The molecule has 5 heterocycles. The van der Waals surface area contributed by atoms with Crippen LogP contribution in [0.25, 0.3) is 39.0 Å². The summed E-state index contributed by atoms with van der Waals surface area (Å²) in [5, 5.41) is 13.2. The molecule has 1 aromatic carbocycles. The highest BCUT2D eigenvalue weighted by Crippen LogP contribution is 2.26. The standard InChI is InChI=1S/C23H19F3N8O2.C4H6N2/c1-13-4-3-5-17-21(13)34(22(36)33(17)11-20(35)30-12-23(24,25)26)19-10-28-16(8-29-19)14-6-27-9-18-15(14)7-31-32(18)2;1-4-2-5-6-3-4/h3-10H,11-12H2,1-2H3,(H,30,35);2-3H,1H3,(H,5,6). The van der Waals surface area contributed by atoms with Gasteiger partial charge in [0.1, 0.15) is 13.1 Å². The van der Waals surface area contributed by atoms with Gasteiger partial charge in [-0.15, -0.1) is 0 Å². The first kappa shape index (κ1) is 28.2. The number of H-pyrrole nitrogens is 1. The van der Waals surface area contributed by atoms with Crippen molar-refractivity contribution in [3.8, 4) is 17.1 Å². The lowest BCUT2D eigenvalue weighted by Gasteiger charge is -2.08. The van der Waals surface area contributed by atoms with Crippen LogP contribution in [0, 0.1) is 13.8 Å².